The SMILES string of the molecule is CC(c1ccsc1)N1C(=O)NC(=O)C(C)(C)C1=O. The molecule has 2 rings (SSSR count). The Morgan fingerprint density at radius 1 is 1.33 bits per heavy atom. The van der Waals surface area contributed by atoms with Crippen molar-refractivity contribution in [3.63, 3.8) is 0 Å². The molecule has 1 unspecified atom stereocenters. The van der Waals surface area contributed by atoms with Gasteiger partial charge in [-0.25, -0.2) is 4.79 Å². The van der Waals surface area contributed by atoms with E-state index in [9.17, 15) is 14.4 Å². The number of thiophene rings is 1. The molecular weight excluding hydrogens is 252 g/mol. The normalized spacial score (nSPS) is 20.8. The summed E-state index contributed by atoms with van der Waals surface area (Å²) >= 11 is 1.50. The lowest BCUT2D eigenvalue weighted by Gasteiger charge is -2.37. The van der Waals surface area contributed by atoms with Crippen LogP contribution in [0.3, 0.4) is 0 Å². The van der Waals surface area contributed by atoms with Gasteiger partial charge >= 0.3 is 6.03 Å². The number of carbonyl (C=O) groups is 3. The van der Waals surface area contributed by atoms with Crippen LogP contribution in [-0.2, 0) is 9.59 Å². The molecule has 1 atom stereocenters. The van der Waals surface area contributed by atoms with Gasteiger partial charge in [-0.15, -0.1) is 0 Å². The maximum Gasteiger partial charge on any atom is 0.331 e. The Hall–Kier alpha value is -1.69. The summed E-state index contributed by atoms with van der Waals surface area (Å²) in [5, 5.41) is 5.99. The number of amides is 4. The predicted molar refractivity (Wildman–Crippen MR) is 66.9 cm³/mol. The Bertz CT molecular complexity index is 507. The van der Waals surface area contributed by atoms with E-state index in [0.29, 0.717) is 0 Å². The summed E-state index contributed by atoms with van der Waals surface area (Å²) in [5.41, 5.74) is -0.327. The Morgan fingerprint density at radius 3 is 2.56 bits per heavy atom. The van der Waals surface area contributed by atoms with Crippen molar-refractivity contribution in [2.75, 3.05) is 0 Å². The van der Waals surface area contributed by atoms with E-state index in [4.69, 9.17) is 0 Å². The van der Waals surface area contributed by atoms with Crippen LogP contribution in [0.25, 0.3) is 0 Å². The van der Waals surface area contributed by atoms with Gasteiger partial charge in [-0.1, -0.05) is 0 Å². The summed E-state index contributed by atoms with van der Waals surface area (Å²) < 4.78 is 0. The Morgan fingerprint density at radius 2 is 2.00 bits per heavy atom. The van der Waals surface area contributed by atoms with Crippen molar-refractivity contribution < 1.29 is 14.4 Å². The number of rotatable bonds is 2. The molecule has 5 nitrogen and oxygen atoms in total. The molecule has 0 radical (unpaired) electrons. The Balaban J connectivity index is 2.35. The number of urea groups is 1. The summed E-state index contributed by atoms with van der Waals surface area (Å²) in [7, 11) is 0. The van der Waals surface area contributed by atoms with Gasteiger partial charge in [0.15, 0.2) is 0 Å². The standard InChI is InChI=1S/C12H14N2O3S/c1-7(8-4-5-18-6-8)14-10(16)12(2,3)9(15)13-11(14)17/h4-7H,1-3H3,(H,13,15,17). The fourth-order valence-corrected chi connectivity index (χ4v) is 2.56. The molecule has 1 fully saturated rings. The van der Waals surface area contributed by atoms with Crippen LogP contribution in [0, 0.1) is 5.41 Å². The molecule has 2 heterocycles. The van der Waals surface area contributed by atoms with Crippen molar-refractivity contribution >= 4 is 29.2 Å². The summed E-state index contributed by atoms with van der Waals surface area (Å²) in [4.78, 5) is 36.8. The zero-order valence-corrected chi connectivity index (χ0v) is 11.2. The molecule has 0 aromatic carbocycles. The number of imide groups is 2. The maximum atomic E-state index is 12.3. The lowest BCUT2D eigenvalue weighted by molar-refractivity contribution is -0.150. The van der Waals surface area contributed by atoms with Gasteiger partial charge in [-0.3, -0.25) is 19.8 Å². The third-order valence-corrected chi connectivity index (χ3v) is 3.87. The third-order valence-electron chi connectivity index (χ3n) is 3.17. The molecule has 0 spiro atoms. The molecule has 0 aliphatic carbocycles. The topological polar surface area (TPSA) is 66.5 Å². The molecule has 0 bridgehead atoms. The summed E-state index contributed by atoms with van der Waals surface area (Å²) in [5.74, 6) is -1.01. The number of barbiturate groups is 1. The molecule has 1 aliphatic heterocycles. The minimum Gasteiger partial charge on any atom is -0.277 e. The van der Waals surface area contributed by atoms with Gasteiger partial charge in [0.25, 0.3) is 0 Å². The van der Waals surface area contributed by atoms with E-state index >= 15 is 0 Å². The van der Waals surface area contributed by atoms with Crippen molar-refractivity contribution in [2.24, 2.45) is 5.41 Å². The molecule has 1 N–H and O–H groups in total. The van der Waals surface area contributed by atoms with Crippen molar-refractivity contribution in [3.8, 4) is 0 Å². The molecule has 1 saturated heterocycles. The minimum atomic E-state index is -1.21. The van der Waals surface area contributed by atoms with Crippen molar-refractivity contribution in [3.05, 3.63) is 22.4 Å². The third kappa shape index (κ3) is 1.82. The van der Waals surface area contributed by atoms with E-state index < -0.39 is 23.3 Å². The number of nitrogens with one attached hydrogen (secondary N) is 1. The van der Waals surface area contributed by atoms with Gasteiger partial charge in [-0.2, -0.15) is 11.3 Å². The monoisotopic (exact) mass is 266 g/mol. The highest BCUT2D eigenvalue weighted by Gasteiger charge is 2.48. The number of hydrogen-bond acceptors (Lipinski definition) is 4. The van der Waals surface area contributed by atoms with Crippen LogP contribution < -0.4 is 5.32 Å². The molecule has 18 heavy (non-hydrogen) atoms. The maximum absolute atomic E-state index is 12.3. The van der Waals surface area contributed by atoms with Crippen LogP contribution in [0.2, 0.25) is 0 Å². The smallest absolute Gasteiger partial charge is 0.277 e. The molecule has 1 aromatic rings. The molecule has 6 heteroatoms. The summed E-state index contributed by atoms with van der Waals surface area (Å²) in [6, 6.07) is 0.832. The largest absolute Gasteiger partial charge is 0.331 e. The molecule has 1 aromatic heterocycles. The molecule has 1 aliphatic rings. The highest BCUT2D eigenvalue weighted by molar-refractivity contribution is 7.08. The van der Waals surface area contributed by atoms with Crippen molar-refractivity contribution in [2.45, 2.75) is 26.8 Å². The lowest BCUT2D eigenvalue weighted by atomic mass is 9.88. The average Bonchev–Trinajstić information content (AvgIpc) is 2.80. The number of carbonyl (C=O) groups excluding carboxylic acids is 3. The van der Waals surface area contributed by atoms with E-state index in [-0.39, 0.29) is 6.04 Å². The van der Waals surface area contributed by atoms with Gasteiger partial charge in [0, 0.05) is 0 Å². The average molecular weight is 266 g/mol. The Labute approximate surface area is 109 Å². The van der Waals surface area contributed by atoms with Crippen LogP contribution in [0.5, 0.6) is 0 Å². The molecular formula is C12H14N2O3S. The highest BCUT2D eigenvalue weighted by atomic mass is 32.1. The van der Waals surface area contributed by atoms with Gasteiger partial charge < -0.3 is 0 Å². The van der Waals surface area contributed by atoms with Crippen LogP contribution in [0.15, 0.2) is 16.8 Å². The van der Waals surface area contributed by atoms with E-state index in [1.165, 1.54) is 25.2 Å². The number of hydrogen-bond donors (Lipinski definition) is 1. The highest BCUT2D eigenvalue weighted by Crippen LogP contribution is 2.31. The van der Waals surface area contributed by atoms with Gasteiger partial charge in [-0.05, 0) is 43.2 Å². The Kier molecular flexibility index (Phi) is 2.98. The van der Waals surface area contributed by atoms with Crippen LogP contribution in [0.4, 0.5) is 4.79 Å². The van der Waals surface area contributed by atoms with E-state index in [1.54, 1.807) is 6.92 Å². The first-order valence-corrected chi connectivity index (χ1v) is 6.51. The molecule has 0 saturated carbocycles. The van der Waals surface area contributed by atoms with Gasteiger partial charge in [0.05, 0.1) is 6.04 Å². The summed E-state index contributed by atoms with van der Waals surface area (Å²) in [6.07, 6.45) is 0. The van der Waals surface area contributed by atoms with Crippen molar-refractivity contribution in [1.29, 1.82) is 0 Å². The van der Waals surface area contributed by atoms with E-state index in [1.807, 2.05) is 16.8 Å². The second kappa shape index (κ2) is 4.20. The summed E-state index contributed by atoms with van der Waals surface area (Å²) in [6.45, 7) is 4.81. The fraction of sp³-hybridized carbons (Fsp3) is 0.417. The quantitative estimate of drug-likeness (QED) is 0.831. The van der Waals surface area contributed by atoms with E-state index in [2.05, 4.69) is 5.32 Å². The van der Waals surface area contributed by atoms with Gasteiger partial charge in [0.2, 0.25) is 11.8 Å². The second-order valence-corrected chi connectivity index (χ2v) is 5.57. The van der Waals surface area contributed by atoms with E-state index in [0.717, 1.165) is 10.5 Å². The fourth-order valence-electron chi connectivity index (χ4n) is 1.82. The predicted octanol–water partition coefficient (Wildman–Crippen LogP) is 1.91. The first-order chi connectivity index (χ1) is 8.35. The minimum absolute atomic E-state index is 0.379. The zero-order valence-electron chi connectivity index (χ0n) is 10.4. The van der Waals surface area contributed by atoms with Crippen LogP contribution >= 0.6 is 11.3 Å². The lowest BCUT2D eigenvalue weighted by Crippen LogP contribution is -2.62. The number of nitrogens with zero attached hydrogens (tertiary/aromatic N) is 1. The first kappa shape index (κ1) is 12.8. The second-order valence-electron chi connectivity index (χ2n) is 4.79. The van der Waals surface area contributed by atoms with Gasteiger partial charge in [0.1, 0.15) is 5.41 Å². The van der Waals surface area contributed by atoms with Crippen LogP contribution in [-0.4, -0.2) is 22.7 Å². The van der Waals surface area contributed by atoms with Crippen molar-refractivity contribution in [1.82, 2.24) is 10.2 Å². The zero-order chi connectivity index (χ0) is 13.5. The van der Waals surface area contributed by atoms with Crippen LogP contribution in [0.1, 0.15) is 32.4 Å². The molecule has 4 amide bonds. The molecule has 96 valence electrons. The first-order valence-electron chi connectivity index (χ1n) is 5.57.